The highest BCUT2D eigenvalue weighted by molar-refractivity contribution is 9.10. The highest BCUT2D eigenvalue weighted by Gasteiger charge is 2.03. The average molecular weight is 285 g/mol. The number of thiazole rings is 1. The molecule has 2 rings (SSSR count). The van der Waals surface area contributed by atoms with Gasteiger partial charge in [-0.3, -0.25) is 0 Å². The van der Waals surface area contributed by atoms with Crippen LogP contribution < -0.4 is 5.73 Å². The van der Waals surface area contributed by atoms with E-state index in [2.05, 4.69) is 39.1 Å². The van der Waals surface area contributed by atoms with Gasteiger partial charge in [0.15, 0.2) is 0 Å². The van der Waals surface area contributed by atoms with Crippen molar-refractivity contribution in [2.45, 2.75) is 19.3 Å². The zero-order valence-corrected chi connectivity index (χ0v) is 10.8. The van der Waals surface area contributed by atoms with Crippen LogP contribution in [0.15, 0.2) is 22.7 Å². The van der Waals surface area contributed by atoms with Crippen LogP contribution in [-0.2, 0) is 6.42 Å². The number of hydrogen-bond donors (Lipinski definition) is 1. The second-order valence-corrected chi connectivity index (χ2v) is 5.50. The van der Waals surface area contributed by atoms with Crippen molar-refractivity contribution in [1.29, 1.82) is 0 Å². The molecule has 0 spiro atoms. The van der Waals surface area contributed by atoms with Crippen LogP contribution in [0, 0.1) is 0 Å². The fraction of sp³-hybridized carbons (Fsp3) is 0.364. The molecule has 4 heteroatoms. The molecule has 0 amide bonds. The van der Waals surface area contributed by atoms with Gasteiger partial charge in [0, 0.05) is 4.47 Å². The Morgan fingerprint density at radius 1 is 1.33 bits per heavy atom. The van der Waals surface area contributed by atoms with Crippen LogP contribution in [0.1, 0.15) is 17.8 Å². The van der Waals surface area contributed by atoms with Crippen molar-refractivity contribution in [3.63, 3.8) is 0 Å². The lowest BCUT2D eigenvalue weighted by Crippen LogP contribution is -1.98. The number of benzene rings is 1. The van der Waals surface area contributed by atoms with E-state index < -0.39 is 0 Å². The van der Waals surface area contributed by atoms with Crippen molar-refractivity contribution in [3.8, 4) is 0 Å². The van der Waals surface area contributed by atoms with Gasteiger partial charge in [-0.2, -0.15) is 0 Å². The first-order valence-electron chi connectivity index (χ1n) is 5.04. The van der Waals surface area contributed by atoms with Gasteiger partial charge in [0.1, 0.15) is 0 Å². The van der Waals surface area contributed by atoms with Gasteiger partial charge in [0.25, 0.3) is 0 Å². The number of unbranched alkanes of at least 4 members (excludes halogenated alkanes) is 1. The average Bonchev–Trinajstić information content (AvgIpc) is 2.60. The summed E-state index contributed by atoms with van der Waals surface area (Å²) < 4.78 is 2.36. The normalized spacial score (nSPS) is 11.1. The summed E-state index contributed by atoms with van der Waals surface area (Å²) in [6, 6.07) is 6.24. The first kappa shape index (κ1) is 11.0. The third-order valence-electron chi connectivity index (χ3n) is 2.24. The molecule has 80 valence electrons. The monoisotopic (exact) mass is 284 g/mol. The van der Waals surface area contributed by atoms with Crippen molar-refractivity contribution in [1.82, 2.24) is 4.98 Å². The number of aromatic nitrogens is 1. The maximum absolute atomic E-state index is 5.46. The number of nitrogens with two attached hydrogens (primary N) is 1. The number of rotatable bonds is 4. The Labute approximate surface area is 102 Å². The highest BCUT2D eigenvalue weighted by atomic mass is 79.9. The SMILES string of the molecule is NCCCCc1nc2cc(Br)ccc2s1. The lowest BCUT2D eigenvalue weighted by atomic mass is 10.2. The second kappa shape index (κ2) is 5.05. The molecule has 1 aromatic heterocycles. The van der Waals surface area contributed by atoms with Gasteiger partial charge in [-0.15, -0.1) is 11.3 Å². The molecule has 0 saturated heterocycles. The minimum absolute atomic E-state index is 0.774. The van der Waals surface area contributed by atoms with E-state index in [0.29, 0.717) is 0 Å². The summed E-state index contributed by atoms with van der Waals surface area (Å²) >= 11 is 5.24. The molecular formula is C11H13BrN2S. The van der Waals surface area contributed by atoms with Gasteiger partial charge in [0.05, 0.1) is 15.2 Å². The number of hydrogen-bond acceptors (Lipinski definition) is 3. The van der Waals surface area contributed by atoms with Gasteiger partial charge in [-0.1, -0.05) is 15.9 Å². The van der Waals surface area contributed by atoms with Crippen LogP contribution in [0.3, 0.4) is 0 Å². The molecule has 1 heterocycles. The molecule has 0 aliphatic heterocycles. The van der Waals surface area contributed by atoms with E-state index in [1.165, 1.54) is 9.71 Å². The van der Waals surface area contributed by atoms with Gasteiger partial charge in [-0.25, -0.2) is 4.98 Å². The summed E-state index contributed by atoms with van der Waals surface area (Å²) in [5, 5.41) is 1.22. The highest BCUT2D eigenvalue weighted by Crippen LogP contribution is 2.25. The third-order valence-corrected chi connectivity index (χ3v) is 3.83. The molecule has 0 atom stereocenters. The molecular weight excluding hydrogens is 272 g/mol. The molecule has 0 aliphatic rings. The zero-order valence-electron chi connectivity index (χ0n) is 8.37. The van der Waals surface area contributed by atoms with E-state index in [1.54, 1.807) is 11.3 Å². The Morgan fingerprint density at radius 3 is 3.00 bits per heavy atom. The number of aryl methyl sites for hydroxylation is 1. The Morgan fingerprint density at radius 2 is 2.20 bits per heavy atom. The van der Waals surface area contributed by atoms with E-state index in [0.717, 1.165) is 35.8 Å². The van der Waals surface area contributed by atoms with E-state index >= 15 is 0 Å². The van der Waals surface area contributed by atoms with Crippen molar-refractivity contribution < 1.29 is 0 Å². The van der Waals surface area contributed by atoms with Gasteiger partial charge >= 0.3 is 0 Å². The largest absolute Gasteiger partial charge is 0.330 e. The summed E-state index contributed by atoms with van der Waals surface area (Å²) in [5.74, 6) is 0. The predicted molar refractivity (Wildman–Crippen MR) is 69.3 cm³/mol. The second-order valence-electron chi connectivity index (χ2n) is 3.47. The first-order chi connectivity index (χ1) is 7.29. The molecule has 2 aromatic rings. The Balaban J connectivity index is 2.16. The quantitative estimate of drug-likeness (QED) is 0.875. The predicted octanol–water partition coefficient (Wildman–Crippen LogP) is 3.34. The Bertz CT molecular complexity index is 453. The molecule has 2 nitrogen and oxygen atoms in total. The van der Waals surface area contributed by atoms with Crippen LogP contribution in [0.2, 0.25) is 0 Å². The number of fused-ring (bicyclic) bond motifs is 1. The topological polar surface area (TPSA) is 38.9 Å². The van der Waals surface area contributed by atoms with Crippen LogP contribution in [0.4, 0.5) is 0 Å². The lowest BCUT2D eigenvalue weighted by molar-refractivity contribution is 0.742. The Hall–Kier alpha value is -0.450. The van der Waals surface area contributed by atoms with Gasteiger partial charge in [0.2, 0.25) is 0 Å². The van der Waals surface area contributed by atoms with Crippen molar-refractivity contribution in [3.05, 3.63) is 27.7 Å². The summed E-state index contributed by atoms with van der Waals surface area (Å²) in [6.45, 7) is 0.774. The number of nitrogens with zero attached hydrogens (tertiary/aromatic N) is 1. The summed E-state index contributed by atoms with van der Waals surface area (Å²) in [6.07, 6.45) is 3.27. The van der Waals surface area contributed by atoms with Crippen molar-refractivity contribution in [2.24, 2.45) is 5.73 Å². The molecule has 1 aromatic carbocycles. The zero-order chi connectivity index (χ0) is 10.7. The fourth-order valence-electron chi connectivity index (χ4n) is 1.48. The van der Waals surface area contributed by atoms with E-state index in [1.807, 2.05) is 0 Å². The first-order valence-corrected chi connectivity index (χ1v) is 6.65. The van der Waals surface area contributed by atoms with Crippen LogP contribution in [0.5, 0.6) is 0 Å². The maximum atomic E-state index is 5.46. The smallest absolute Gasteiger partial charge is 0.0938 e. The molecule has 0 radical (unpaired) electrons. The minimum atomic E-state index is 0.774. The standard InChI is InChI=1S/C11H13BrN2S/c12-8-4-5-10-9(7-8)14-11(15-10)3-1-2-6-13/h4-5,7H,1-3,6,13H2. The maximum Gasteiger partial charge on any atom is 0.0938 e. The molecule has 0 saturated carbocycles. The van der Waals surface area contributed by atoms with E-state index in [-0.39, 0.29) is 0 Å². The lowest BCUT2D eigenvalue weighted by Gasteiger charge is -1.92. The van der Waals surface area contributed by atoms with E-state index in [4.69, 9.17) is 5.73 Å². The molecule has 0 unspecified atom stereocenters. The van der Waals surface area contributed by atoms with E-state index in [9.17, 15) is 0 Å². The number of halogens is 1. The minimum Gasteiger partial charge on any atom is -0.330 e. The molecule has 0 aliphatic carbocycles. The van der Waals surface area contributed by atoms with Crippen LogP contribution in [0.25, 0.3) is 10.2 Å². The summed E-state index contributed by atoms with van der Waals surface area (Å²) in [7, 11) is 0. The van der Waals surface area contributed by atoms with Gasteiger partial charge in [-0.05, 0) is 44.0 Å². The summed E-state index contributed by atoms with van der Waals surface area (Å²) in [4.78, 5) is 4.59. The van der Waals surface area contributed by atoms with Crippen molar-refractivity contribution in [2.75, 3.05) is 6.54 Å². The molecule has 2 N–H and O–H groups in total. The molecule has 15 heavy (non-hydrogen) atoms. The third kappa shape index (κ3) is 2.77. The molecule has 0 fully saturated rings. The summed E-state index contributed by atoms with van der Waals surface area (Å²) in [5.41, 5.74) is 6.56. The van der Waals surface area contributed by atoms with Crippen LogP contribution >= 0.6 is 27.3 Å². The van der Waals surface area contributed by atoms with Gasteiger partial charge < -0.3 is 5.73 Å². The Kier molecular flexibility index (Phi) is 3.72. The van der Waals surface area contributed by atoms with Crippen LogP contribution in [-0.4, -0.2) is 11.5 Å². The fourth-order valence-corrected chi connectivity index (χ4v) is 2.81. The van der Waals surface area contributed by atoms with Crippen molar-refractivity contribution >= 4 is 37.5 Å². The molecule has 0 bridgehead atoms.